The Kier molecular flexibility index (Phi) is 7.47. The number of nitrogens with zero attached hydrogens (tertiary/aromatic N) is 3. The van der Waals surface area contributed by atoms with Crippen molar-refractivity contribution in [2.24, 2.45) is 5.92 Å². The molecular formula is C26H30N4O4. The minimum Gasteiger partial charge on any atom is -0.493 e. The Bertz CT molecular complexity index is 1130. The zero-order chi connectivity index (χ0) is 23.9. The summed E-state index contributed by atoms with van der Waals surface area (Å²) in [5, 5.41) is 7.38. The van der Waals surface area contributed by atoms with Crippen molar-refractivity contribution < 1.29 is 19.1 Å². The van der Waals surface area contributed by atoms with E-state index >= 15 is 0 Å². The molecule has 34 heavy (non-hydrogen) atoms. The van der Waals surface area contributed by atoms with E-state index in [9.17, 15) is 9.59 Å². The van der Waals surface area contributed by atoms with Crippen molar-refractivity contribution in [1.82, 2.24) is 14.7 Å². The van der Waals surface area contributed by atoms with E-state index < -0.39 is 0 Å². The van der Waals surface area contributed by atoms with Gasteiger partial charge in [0.2, 0.25) is 11.8 Å². The van der Waals surface area contributed by atoms with Crippen LogP contribution in [0.1, 0.15) is 24.0 Å². The molecule has 1 aliphatic heterocycles. The number of carbonyl (C=O) groups is 2. The first-order chi connectivity index (χ1) is 16.6. The fourth-order valence-corrected chi connectivity index (χ4v) is 4.33. The molecule has 2 amide bonds. The number of piperidine rings is 1. The minimum absolute atomic E-state index is 0.0545. The summed E-state index contributed by atoms with van der Waals surface area (Å²) in [5.41, 5.74) is 1.87. The smallest absolute Gasteiger partial charge is 0.230 e. The molecule has 0 saturated carbocycles. The van der Waals surface area contributed by atoms with Gasteiger partial charge in [-0.1, -0.05) is 42.5 Å². The quantitative estimate of drug-likeness (QED) is 0.555. The van der Waals surface area contributed by atoms with E-state index in [2.05, 4.69) is 10.4 Å². The van der Waals surface area contributed by atoms with E-state index in [0.717, 1.165) is 24.0 Å². The van der Waals surface area contributed by atoms with Crippen molar-refractivity contribution >= 4 is 17.6 Å². The third-order valence-corrected chi connectivity index (χ3v) is 6.12. The summed E-state index contributed by atoms with van der Waals surface area (Å²) in [5.74, 6) is 1.57. The highest BCUT2D eigenvalue weighted by molar-refractivity contribution is 5.92. The zero-order valence-corrected chi connectivity index (χ0v) is 19.6. The minimum atomic E-state index is -0.261. The average molecular weight is 463 g/mol. The molecule has 1 N–H and O–H groups in total. The van der Waals surface area contributed by atoms with Gasteiger partial charge in [-0.25, -0.2) is 4.68 Å². The van der Waals surface area contributed by atoms with Crippen LogP contribution in [0.2, 0.25) is 0 Å². The molecule has 0 spiro atoms. The lowest BCUT2D eigenvalue weighted by Crippen LogP contribution is -2.44. The third kappa shape index (κ3) is 5.39. The molecule has 1 saturated heterocycles. The van der Waals surface area contributed by atoms with Gasteiger partial charge in [0, 0.05) is 24.7 Å². The number of hydrogen-bond acceptors (Lipinski definition) is 5. The number of rotatable bonds is 8. The van der Waals surface area contributed by atoms with Crippen LogP contribution >= 0.6 is 0 Å². The standard InChI is InChI=1S/C26H30N4O4/c1-33-22-12-6-10-20(25(22)34-2)18-30-23(13-14-27-30)28-26(32)21-11-7-15-29(17-21)24(31)16-19-8-4-3-5-9-19/h3-6,8-10,12-14,21H,7,11,15-18H2,1-2H3,(H,28,32). The van der Waals surface area contributed by atoms with Gasteiger partial charge in [0.15, 0.2) is 11.5 Å². The molecule has 1 fully saturated rings. The van der Waals surface area contributed by atoms with E-state index in [0.29, 0.717) is 43.4 Å². The number of anilines is 1. The Morgan fingerprint density at radius 1 is 1.06 bits per heavy atom. The van der Waals surface area contributed by atoms with E-state index in [1.807, 2.05) is 48.5 Å². The number of hydrogen-bond donors (Lipinski definition) is 1. The summed E-state index contributed by atoms with van der Waals surface area (Å²) in [4.78, 5) is 27.7. The lowest BCUT2D eigenvalue weighted by atomic mass is 9.96. The molecule has 2 heterocycles. The maximum absolute atomic E-state index is 13.1. The Balaban J connectivity index is 1.40. The molecule has 1 aliphatic rings. The number of aromatic nitrogens is 2. The van der Waals surface area contributed by atoms with Gasteiger partial charge in [0.25, 0.3) is 0 Å². The summed E-state index contributed by atoms with van der Waals surface area (Å²) < 4.78 is 12.6. The van der Waals surface area contributed by atoms with Crippen LogP contribution in [0.4, 0.5) is 5.82 Å². The highest BCUT2D eigenvalue weighted by Crippen LogP contribution is 2.31. The van der Waals surface area contributed by atoms with Crippen LogP contribution in [-0.2, 0) is 22.6 Å². The zero-order valence-electron chi connectivity index (χ0n) is 19.6. The molecule has 1 atom stereocenters. The molecule has 4 rings (SSSR count). The van der Waals surface area contributed by atoms with Crippen molar-refractivity contribution in [2.75, 3.05) is 32.6 Å². The van der Waals surface area contributed by atoms with Crippen molar-refractivity contribution in [3.05, 3.63) is 71.9 Å². The Hall–Kier alpha value is -3.81. The van der Waals surface area contributed by atoms with Crippen LogP contribution in [0.3, 0.4) is 0 Å². The molecule has 3 aromatic rings. The predicted molar refractivity (Wildman–Crippen MR) is 129 cm³/mol. The summed E-state index contributed by atoms with van der Waals surface area (Å²) in [6.07, 6.45) is 3.56. The topological polar surface area (TPSA) is 85.7 Å². The van der Waals surface area contributed by atoms with E-state index in [-0.39, 0.29) is 17.7 Å². The van der Waals surface area contributed by atoms with Crippen LogP contribution in [0.15, 0.2) is 60.8 Å². The number of carbonyl (C=O) groups excluding carboxylic acids is 2. The number of likely N-dealkylation sites (tertiary alicyclic amines) is 1. The van der Waals surface area contributed by atoms with Crippen LogP contribution in [-0.4, -0.2) is 53.8 Å². The van der Waals surface area contributed by atoms with E-state index in [1.165, 1.54) is 0 Å². The van der Waals surface area contributed by atoms with Gasteiger partial charge in [-0.2, -0.15) is 5.10 Å². The maximum atomic E-state index is 13.1. The fraction of sp³-hybridized carbons (Fsp3) is 0.346. The van der Waals surface area contributed by atoms with Crippen molar-refractivity contribution in [2.45, 2.75) is 25.8 Å². The Labute approximate surface area is 199 Å². The maximum Gasteiger partial charge on any atom is 0.230 e. The molecular weight excluding hydrogens is 432 g/mol. The molecule has 0 bridgehead atoms. The molecule has 2 aromatic carbocycles. The lowest BCUT2D eigenvalue weighted by molar-refractivity contribution is -0.133. The fourth-order valence-electron chi connectivity index (χ4n) is 4.33. The summed E-state index contributed by atoms with van der Waals surface area (Å²) in [6, 6.07) is 17.1. The number of ether oxygens (including phenoxy) is 2. The van der Waals surface area contributed by atoms with E-state index in [1.54, 1.807) is 36.1 Å². The number of amides is 2. The first-order valence-corrected chi connectivity index (χ1v) is 11.4. The first kappa shape index (κ1) is 23.4. The molecule has 0 aliphatic carbocycles. The molecule has 178 valence electrons. The van der Waals surface area contributed by atoms with E-state index in [4.69, 9.17) is 9.47 Å². The second kappa shape index (κ2) is 10.9. The molecule has 8 nitrogen and oxygen atoms in total. The van der Waals surface area contributed by atoms with Crippen LogP contribution < -0.4 is 14.8 Å². The van der Waals surface area contributed by atoms with Crippen LogP contribution in [0, 0.1) is 5.92 Å². The van der Waals surface area contributed by atoms with Gasteiger partial charge in [-0.15, -0.1) is 0 Å². The normalized spacial score (nSPS) is 15.6. The molecule has 1 aromatic heterocycles. The molecule has 1 unspecified atom stereocenters. The number of nitrogens with one attached hydrogen (secondary N) is 1. The Morgan fingerprint density at radius 3 is 2.65 bits per heavy atom. The number of methoxy groups -OCH3 is 2. The monoisotopic (exact) mass is 462 g/mol. The molecule has 8 heteroatoms. The third-order valence-electron chi connectivity index (χ3n) is 6.12. The highest BCUT2D eigenvalue weighted by atomic mass is 16.5. The first-order valence-electron chi connectivity index (χ1n) is 11.4. The summed E-state index contributed by atoms with van der Waals surface area (Å²) >= 11 is 0. The second-order valence-corrected chi connectivity index (χ2v) is 8.36. The molecule has 0 radical (unpaired) electrons. The average Bonchev–Trinajstić information content (AvgIpc) is 3.30. The van der Waals surface area contributed by atoms with Crippen molar-refractivity contribution in [3.63, 3.8) is 0 Å². The highest BCUT2D eigenvalue weighted by Gasteiger charge is 2.29. The SMILES string of the molecule is COc1cccc(Cn2nccc2NC(=O)C2CCCN(C(=O)Cc3ccccc3)C2)c1OC. The van der Waals surface area contributed by atoms with Gasteiger partial charge in [0.05, 0.1) is 39.3 Å². The van der Waals surface area contributed by atoms with Crippen LogP contribution in [0.5, 0.6) is 11.5 Å². The van der Waals surface area contributed by atoms with Gasteiger partial charge in [0.1, 0.15) is 5.82 Å². The largest absolute Gasteiger partial charge is 0.493 e. The van der Waals surface area contributed by atoms with Gasteiger partial charge >= 0.3 is 0 Å². The van der Waals surface area contributed by atoms with Crippen molar-refractivity contribution in [1.29, 1.82) is 0 Å². The van der Waals surface area contributed by atoms with Gasteiger partial charge in [-0.05, 0) is 24.5 Å². The second-order valence-electron chi connectivity index (χ2n) is 8.36. The number of para-hydroxylation sites is 1. The van der Waals surface area contributed by atoms with Gasteiger partial charge < -0.3 is 19.7 Å². The summed E-state index contributed by atoms with van der Waals surface area (Å²) in [7, 11) is 3.19. The van der Waals surface area contributed by atoms with Crippen LogP contribution in [0.25, 0.3) is 0 Å². The summed E-state index contributed by atoms with van der Waals surface area (Å²) in [6.45, 7) is 1.52. The van der Waals surface area contributed by atoms with Crippen molar-refractivity contribution in [3.8, 4) is 11.5 Å². The predicted octanol–water partition coefficient (Wildman–Crippen LogP) is 3.37. The van der Waals surface area contributed by atoms with Gasteiger partial charge in [-0.3, -0.25) is 9.59 Å². The lowest BCUT2D eigenvalue weighted by Gasteiger charge is -2.32. The number of benzene rings is 2. The Morgan fingerprint density at radius 2 is 1.88 bits per heavy atom.